The van der Waals surface area contributed by atoms with Crippen molar-refractivity contribution in [3.05, 3.63) is 34.2 Å². The van der Waals surface area contributed by atoms with Gasteiger partial charge in [-0.2, -0.15) is 0 Å². The zero-order chi connectivity index (χ0) is 14.5. The lowest BCUT2D eigenvalue weighted by Crippen LogP contribution is -2.34. The van der Waals surface area contributed by atoms with E-state index in [1.54, 1.807) is 6.07 Å². The summed E-state index contributed by atoms with van der Waals surface area (Å²) in [6.07, 6.45) is 4.38. The molecular formula is C14H18N2O4. The maximum absolute atomic E-state index is 11.9. The average Bonchev–Trinajstić information content (AvgIpc) is 2.45. The number of nitrogens with one attached hydrogen (secondary N) is 2. The number of amides is 1. The van der Waals surface area contributed by atoms with E-state index >= 15 is 0 Å². The molecule has 20 heavy (non-hydrogen) atoms. The Morgan fingerprint density at radius 1 is 1.30 bits per heavy atom. The summed E-state index contributed by atoms with van der Waals surface area (Å²) in [6, 6.07) is 3.09. The molecule has 0 bridgehead atoms. The molecule has 1 aromatic heterocycles. The Labute approximate surface area is 116 Å². The van der Waals surface area contributed by atoms with Crippen molar-refractivity contribution >= 4 is 11.9 Å². The molecule has 1 amide bonds. The van der Waals surface area contributed by atoms with Gasteiger partial charge in [0.05, 0.1) is 5.92 Å². The van der Waals surface area contributed by atoms with Gasteiger partial charge in [0.15, 0.2) is 0 Å². The van der Waals surface area contributed by atoms with Crippen LogP contribution in [0.4, 0.5) is 0 Å². The van der Waals surface area contributed by atoms with Gasteiger partial charge in [-0.3, -0.25) is 14.4 Å². The Bertz CT molecular complexity index is 544. The molecule has 1 aromatic rings. The van der Waals surface area contributed by atoms with Gasteiger partial charge in [-0.05, 0) is 43.7 Å². The second-order valence-electron chi connectivity index (χ2n) is 5.18. The lowest BCUT2D eigenvalue weighted by Gasteiger charge is -2.26. The summed E-state index contributed by atoms with van der Waals surface area (Å²) in [6.45, 7) is 0.486. The molecule has 3 N–H and O–H groups in total. The van der Waals surface area contributed by atoms with Crippen molar-refractivity contribution in [3.8, 4) is 0 Å². The van der Waals surface area contributed by atoms with Crippen LogP contribution in [0.5, 0.6) is 0 Å². The quantitative estimate of drug-likeness (QED) is 0.765. The molecule has 6 nitrogen and oxygen atoms in total. The summed E-state index contributed by atoms with van der Waals surface area (Å²) < 4.78 is 0. The number of rotatable bonds is 4. The molecule has 1 aliphatic rings. The van der Waals surface area contributed by atoms with Crippen LogP contribution >= 0.6 is 0 Å². The van der Waals surface area contributed by atoms with Gasteiger partial charge in [0.1, 0.15) is 5.56 Å². The first-order valence-corrected chi connectivity index (χ1v) is 6.76. The third-order valence-electron chi connectivity index (χ3n) is 3.81. The second kappa shape index (κ2) is 6.36. The topological polar surface area (TPSA) is 99.3 Å². The normalized spacial score (nSPS) is 22.2. The highest BCUT2D eigenvalue weighted by Gasteiger charge is 2.26. The van der Waals surface area contributed by atoms with Crippen LogP contribution in [0.15, 0.2) is 23.1 Å². The highest BCUT2D eigenvalue weighted by molar-refractivity contribution is 5.93. The van der Waals surface area contributed by atoms with Crippen LogP contribution in [0.25, 0.3) is 0 Å². The van der Waals surface area contributed by atoms with Gasteiger partial charge in [-0.1, -0.05) is 0 Å². The van der Waals surface area contributed by atoms with E-state index in [0.717, 1.165) is 12.8 Å². The fraction of sp³-hybridized carbons (Fsp3) is 0.500. The van der Waals surface area contributed by atoms with E-state index in [4.69, 9.17) is 5.11 Å². The Hall–Kier alpha value is -2.11. The Kier molecular flexibility index (Phi) is 4.55. The summed E-state index contributed by atoms with van der Waals surface area (Å²) in [4.78, 5) is 36.6. The minimum absolute atomic E-state index is 0.103. The molecule has 1 saturated carbocycles. The van der Waals surface area contributed by atoms with Crippen LogP contribution < -0.4 is 10.9 Å². The van der Waals surface area contributed by atoms with E-state index in [1.807, 2.05) is 0 Å². The van der Waals surface area contributed by atoms with Crippen LogP contribution in [-0.4, -0.2) is 28.5 Å². The van der Waals surface area contributed by atoms with Gasteiger partial charge in [0.2, 0.25) is 0 Å². The van der Waals surface area contributed by atoms with Crippen molar-refractivity contribution in [1.29, 1.82) is 0 Å². The highest BCUT2D eigenvalue weighted by atomic mass is 16.4. The van der Waals surface area contributed by atoms with E-state index in [0.29, 0.717) is 19.4 Å². The van der Waals surface area contributed by atoms with Gasteiger partial charge in [0, 0.05) is 12.7 Å². The molecule has 1 heterocycles. The van der Waals surface area contributed by atoms with Crippen LogP contribution in [0.1, 0.15) is 36.0 Å². The molecule has 108 valence electrons. The SMILES string of the molecule is O=C(NCC1CCC(C(=O)O)CC1)c1ccc[nH]c1=O. The minimum Gasteiger partial charge on any atom is -0.481 e. The second-order valence-corrected chi connectivity index (χ2v) is 5.18. The Morgan fingerprint density at radius 3 is 2.60 bits per heavy atom. The van der Waals surface area contributed by atoms with Crippen molar-refractivity contribution in [2.24, 2.45) is 11.8 Å². The van der Waals surface area contributed by atoms with Crippen molar-refractivity contribution < 1.29 is 14.7 Å². The van der Waals surface area contributed by atoms with Gasteiger partial charge in [-0.15, -0.1) is 0 Å². The fourth-order valence-corrected chi connectivity index (χ4v) is 2.55. The predicted octanol–water partition coefficient (Wildman–Crippen LogP) is 0.996. The average molecular weight is 278 g/mol. The van der Waals surface area contributed by atoms with E-state index in [9.17, 15) is 14.4 Å². The van der Waals surface area contributed by atoms with Crippen molar-refractivity contribution in [3.63, 3.8) is 0 Å². The summed E-state index contributed by atoms with van der Waals surface area (Å²) in [5.41, 5.74) is -0.300. The Balaban J connectivity index is 1.82. The minimum atomic E-state index is -0.733. The molecule has 0 spiro atoms. The van der Waals surface area contributed by atoms with E-state index < -0.39 is 11.5 Å². The van der Waals surface area contributed by atoms with Crippen molar-refractivity contribution in [1.82, 2.24) is 10.3 Å². The number of aromatic nitrogens is 1. The maximum atomic E-state index is 11.9. The molecule has 2 rings (SSSR count). The first-order chi connectivity index (χ1) is 9.58. The summed E-state index contributed by atoms with van der Waals surface area (Å²) in [7, 11) is 0. The number of hydrogen-bond acceptors (Lipinski definition) is 3. The lowest BCUT2D eigenvalue weighted by atomic mass is 9.82. The Morgan fingerprint density at radius 2 is 2.00 bits per heavy atom. The smallest absolute Gasteiger partial charge is 0.306 e. The number of carbonyl (C=O) groups is 2. The highest BCUT2D eigenvalue weighted by Crippen LogP contribution is 2.28. The lowest BCUT2D eigenvalue weighted by molar-refractivity contribution is -0.143. The van der Waals surface area contributed by atoms with Crippen LogP contribution in [0.3, 0.4) is 0 Å². The van der Waals surface area contributed by atoms with Crippen LogP contribution in [0.2, 0.25) is 0 Å². The summed E-state index contributed by atoms with van der Waals surface area (Å²) >= 11 is 0. The molecule has 0 saturated heterocycles. The van der Waals surface area contributed by atoms with Gasteiger partial charge in [0.25, 0.3) is 11.5 Å². The third kappa shape index (κ3) is 3.46. The number of H-pyrrole nitrogens is 1. The third-order valence-corrected chi connectivity index (χ3v) is 3.81. The molecular weight excluding hydrogens is 260 g/mol. The van der Waals surface area contributed by atoms with Crippen molar-refractivity contribution in [2.75, 3.05) is 6.54 Å². The number of carboxylic acid groups (broad SMARTS) is 1. The van der Waals surface area contributed by atoms with Gasteiger partial charge < -0.3 is 15.4 Å². The number of carboxylic acids is 1. The molecule has 0 unspecified atom stereocenters. The molecule has 1 aliphatic carbocycles. The molecule has 0 radical (unpaired) electrons. The first-order valence-electron chi connectivity index (χ1n) is 6.76. The van der Waals surface area contributed by atoms with E-state index in [1.165, 1.54) is 12.3 Å². The molecule has 0 atom stereocenters. The number of carbonyl (C=O) groups excluding carboxylic acids is 1. The number of hydrogen-bond donors (Lipinski definition) is 3. The van der Waals surface area contributed by atoms with Crippen LogP contribution in [0, 0.1) is 11.8 Å². The molecule has 1 fully saturated rings. The number of pyridine rings is 1. The zero-order valence-electron chi connectivity index (χ0n) is 11.1. The number of aromatic amines is 1. The zero-order valence-corrected chi connectivity index (χ0v) is 11.1. The molecule has 6 heteroatoms. The van der Waals surface area contributed by atoms with E-state index in [2.05, 4.69) is 10.3 Å². The monoisotopic (exact) mass is 278 g/mol. The number of aliphatic carboxylic acids is 1. The standard InChI is InChI=1S/C14H18N2O4/c17-12-11(2-1-7-15-12)13(18)16-8-9-3-5-10(6-4-9)14(19)20/h1-2,7,9-10H,3-6,8H2,(H,15,17)(H,16,18)(H,19,20). The first kappa shape index (κ1) is 14.3. The molecule has 0 aromatic carbocycles. The van der Waals surface area contributed by atoms with Gasteiger partial charge >= 0.3 is 5.97 Å². The largest absolute Gasteiger partial charge is 0.481 e. The van der Waals surface area contributed by atoms with Crippen molar-refractivity contribution in [2.45, 2.75) is 25.7 Å². The van der Waals surface area contributed by atoms with Gasteiger partial charge in [-0.25, -0.2) is 0 Å². The summed E-state index contributed by atoms with van der Waals surface area (Å²) in [5.74, 6) is -1.08. The van der Waals surface area contributed by atoms with E-state index in [-0.39, 0.29) is 23.3 Å². The fourth-order valence-electron chi connectivity index (χ4n) is 2.55. The summed E-state index contributed by atoms with van der Waals surface area (Å²) in [5, 5.41) is 11.7. The maximum Gasteiger partial charge on any atom is 0.306 e. The predicted molar refractivity (Wildman–Crippen MR) is 72.5 cm³/mol. The van der Waals surface area contributed by atoms with Crippen LogP contribution in [-0.2, 0) is 4.79 Å². The molecule has 0 aliphatic heterocycles.